The highest BCUT2D eigenvalue weighted by Gasteiger charge is 1.98. The first-order valence-corrected chi connectivity index (χ1v) is 3.27. The number of hydrogen-bond donors (Lipinski definition) is 0. The fourth-order valence-electron chi connectivity index (χ4n) is 0.686. The molecule has 0 atom stereocenters. The first-order valence-electron chi connectivity index (χ1n) is 3.27. The smallest absolute Gasteiger partial charge is 0.218 e. The Hall–Kier alpha value is -1.32. The minimum absolute atomic E-state index is 0.587. The molecule has 1 aromatic rings. The molecule has 4 heteroatoms. The van der Waals surface area contributed by atoms with Gasteiger partial charge in [-0.15, -0.1) is 0 Å². The largest absolute Gasteiger partial charge is 0.481 e. The van der Waals surface area contributed by atoms with Gasteiger partial charge in [-0.05, 0) is 0 Å². The minimum Gasteiger partial charge on any atom is -0.481 e. The Labute approximate surface area is 65.8 Å². The van der Waals surface area contributed by atoms with Crippen LogP contribution in [0.5, 0.6) is 5.88 Å². The summed E-state index contributed by atoms with van der Waals surface area (Å²) in [6.45, 7) is 0. The van der Waals surface area contributed by atoms with E-state index in [0.29, 0.717) is 5.88 Å². The van der Waals surface area contributed by atoms with Gasteiger partial charge in [-0.3, -0.25) is 0 Å². The molecule has 0 aliphatic heterocycles. The number of ether oxygens (including phenoxy) is 1. The van der Waals surface area contributed by atoms with Crippen molar-refractivity contribution < 1.29 is 4.74 Å². The monoisotopic (exact) mass is 153 g/mol. The lowest BCUT2D eigenvalue weighted by Gasteiger charge is -2.10. The van der Waals surface area contributed by atoms with Crippen molar-refractivity contribution in [1.82, 2.24) is 9.97 Å². The third-order valence-electron chi connectivity index (χ3n) is 1.29. The number of hydrogen-bond acceptors (Lipinski definition) is 4. The second-order valence-electron chi connectivity index (χ2n) is 2.31. The molecule has 0 radical (unpaired) electrons. The van der Waals surface area contributed by atoms with Crippen LogP contribution in [0.15, 0.2) is 12.4 Å². The lowest BCUT2D eigenvalue weighted by atomic mass is 10.5. The maximum Gasteiger partial charge on any atom is 0.218 e. The Morgan fingerprint density at radius 2 is 2.09 bits per heavy atom. The van der Waals surface area contributed by atoms with Gasteiger partial charge in [-0.2, -0.15) is 0 Å². The molecular weight excluding hydrogens is 142 g/mol. The molecule has 60 valence electrons. The SMILES string of the molecule is COc1cc(N(C)C)ncn1. The summed E-state index contributed by atoms with van der Waals surface area (Å²) in [6, 6.07) is 1.78. The van der Waals surface area contributed by atoms with Gasteiger partial charge in [0.15, 0.2) is 0 Å². The van der Waals surface area contributed by atoms with E-state index in [1.807, 2.05) is 19.0 Å². The van der Waals surface area contributed by atoms with Gasteiger partial charge in [0.25, 0.3) is 0 Å². The van der Waals surface area contributed by atoms with Crippen molar-refractivity contribution >= 4 is 5.82 Å². The van der Waals surface area contributed by atoms with Gasteiger partial charge in [-0.25, -0.2) is 9.97 Å². The third kappa shape index (κ3) is 1.80. The van der Waals surface area contributed by atoms with Crippen LogP contribution in [-0.2, 0) is 0 Å². The molecule has 0 spiro atoms. The Balaban J connectivity index is 2.91. The molecule has 0 saturated heterocycles. The van der Waals surface area contributed by atoms with Crippen molar-refractivity contribution in [3.63, 3.8) is 0 Å². The predicted molar refractivity (Wildman–Crippen MR) is 42.9 cm³/mol. The van der Waals surface area contributed by atoms with E-state index in [0.717, 1.165) is 5.82 Å². The van der Waals surface area contributed by atoms with Crippen LogP contribution in [0.4, 0.5) is 5.82 Å². The molecule has 0 bridgehead atoms. The van der Waals surface area contributed by atoms with Gasteiger partial charge in [-0.1, -0.05) is 0 Å². The van der Waals surface area contributed by atoms with Crippen LogP contribution < -0.4 is 9.64 Å². The zero-order valence-corrected chi connectivity index (χ0v) is 6.90. The summed E-state index contributed by atoms with van der Waals surface area (Å²) in [6.07, 6.45) is 1.48. The van der Waals surface area contributed by atoms with Gasteiger partial charge in [0.2, 0.25) is 5.88 Å². The summed E-state index contributed by atoms with van der Waals surface area (Å²) in [5, 5.41) is 0. The van der Waals surface area contributed by atoms with Gasteiger partial charge in [0.1, 0.15) is 12.1 Å². The molecule has 0 unspecified atom stereocenters. The van der Waals surface area contributed by atoms with Crippen LogP contribution in [0.25, 0.3) is 0 Å². The second-order valence-corrected chi connectivity index (χ2v) is 2.31. The van der Waals surface area contributed by atoms with E-state index < -0.39 is 0 Å². The Morgan fingerprint density at radius 1 is 1.36 bits per heavy atom. The number of rotatable bonds is 2. The first-order chi connectivity index (χ1) is 5.24. The Morgan fingerprint density at radius 3 is 2.64 bits per heavy atom. The van der Waals surface area contributed by atoms with E-state index in [4.69, 9.17) is 4.74 Å². The van der Waals surface area contributed by atoms with Crippen LogP contribution in [-0.4, -0.2) is 31.2 Å². The fraction of sp³-hybridized carbons (Fsp3) is 0.429. The quantitative estimate of drug-likeness (QED) is 0.622. The fourth-order valence-corrected chi connectivity index (χ4v) is 0.686. The molecular formula is C7H11N3O. The lowest BCUT2D eigenvalue weighted by molar-refractivity contribution is 0.397. The molecule has 0 N–H and O–H groups in total. The van der Waals surface area contributed by atoms with Crippen molar-refractivity contribution in [2.75, 3.05) is 26.1 Å². The van der Waals surface area contributed by atoms with E-state index in [1.165, 1.54) is 6.33 Å². The highest BCUT2D eigenvalue weighted by Crippen LogP contribution is 2.11. The van der Waals surface area contributed by atoms with E-state index >= 15 is 0 Å². The Bertz CT molecular complexity index is 237. The van der Waals surface area contributed by atoms with Crippen LogP contribution in [0, 0.1) is 0 Å². The molecule has 0 aliphatic carbocycles. The molecule has 0 aliphatic rings. The Kier molecular flexibility index (Phi) is 2.25. The maximum absolute atomic E-state index is 4.93. The molecule has 0 aromatic carbocycles. The molecule has 0 amide bonds. The zero-order chi connectivity index (χ0) is 8.27. The average Bonchev–Trinajstić information content (AvgIpc) is 2.05. The summed E-state index contributed by atoms with van der Waals surface area (Å²) in [4.78, 5) is 9.80. The van der Waals surface area contributed by atoms with Crippen molar-refractivity contribution in [3.8, 4) is 5.88 Å². The molecule has 1 aromatic heterocycles. The van der Waals surface area contributed by atoms with Gasteiger partial charge in [0.05, 0.1) is 7.11 Å². The van der Waals surface area contributed by atoms with Crippen molar-refractivity contribution in [2.24, 2.45) is 0 Å². The second kappa shape index (κ2) is 3.18. The maximum atomic E-state index is 4.93. The van der Waals surface area contributed by atoms with Crippen LogP contribution in [0.2, 0.25) is 0 Å². The van der Waals surface area contributed by atoms with Crippen molar-refractivity contribution in [1.29, 1.82) is 0 Å². The molecule has 1 heterocycles. The van der Waals surface area contributed by atoms with Gasteiger partial charge in [0, 0.05) is 20.2 Å². The van der Waals surface area contributed by atoms with Gasteiger partial charge < -0.3 is 9.64 Å². The summed E-state index contributed by atoms with van der Waals surface area (Å²) in [5.74, 6) is 1.43. The summed E-state index contributed by atoms with van der Waals surface area (Å²) in [7, 11) is 5.42. The number of nitrogens with zero attached hydrogens (tertiary/aromatic N) is 3. The topological polar surface area (TPSA) is 38.2 Å². The predicted octanol–water partition coefficient (Wildman–Crippen LogP) is 0.551. The highest BCUT2D eigenvalue weighted by atomic mass is 16.5. The summed E-state index contributed by atoms with van der Waals surface area (Å²) >= 11 is 0. The molecule has 11 heavy (non-hydrogen) atoms. The first kappa shape index (κ1) is 7.78. The number of methoxy groups -OCH3 is 1. The third-order valence-corrected chi connectivity index (χ3v) is 1.29. The highest BCUT2D eigenvalue weighted by molar-refractivity contribution is 5.38. The molecule has 4 nitrogen and oxygen atoms in total. The van der Waals surface area contributed by atoms with E-state index in [2.05, 4.69) is 9.97 Å². The number of aromatic nitrogens is 2. The summed E-state index contributed by atoms with van der Waals surface area (Å²) in [5.41, 5.74) is 0. The van der Waals surface area contributed by atoms with Gasteiger partial charge >= 0.3 is 0 Å². The summed E-state index contributed by atoms with van der Waals surface area (Å²) < 4.78 is 4.93. The number of anilines is 1. The molecule has 0 saturated carbocycles. The van der Waals surface area contributed by atoms with Crippen molar-refractivity contribution in [2.45, 2.75) is 0 Å². The van der Waals surface area contributed by atoms with Crippen LogP contribution in [0.3, 0.4) is 0 Å². The minimum atomic E-state index is 0.587. The zero-order valence-electron chi connectivity index (χ0n) is 6.90. The molecule has 0 fully saturated rings. The van der Waals surface area contributed by atoms with Crippen LogP contribution >= 0.6 is 0 Å². The van der Waals surface area contributed by atoms with E-state index in [1.54, 1.807) is 13.2 Å². The van der Waals surface area contributed by atoms with E-state index in [9.17, 15) is 0 Å². The normalized spacial score (nSPS) is 9.36. The average molecular weight is 153 g/mol. The molecule has 1 rings (SSSR count). The lowest BCUT2D eigenvalue weighted by Crippen LogP contribution is -2.10. The van der Waals surface area contributed by atoms with Crippen LogP contribution in [0.1, 0.15) is 0 Å². The van der Waals surface area contributed by atoms with Crippen molar-refractivity contribution in [3.05, 3.63) is 12.4 Å². The van der Waals surface area contributed by atoms with E-state index in [-0.39, 0.29) is 0 Å². The standard InChI is InChI=1S/C7H11N3O/c1-10(2)6-4-7(11-3)9-5-8-6/h4-5H,1-3H3.